The number of fused-ring (bicyclic) bond motifs is 2. The normalized spacial score (nSPS) is 12.3. The van der Waals surface area contributed by atoms with Gasteiger partial charge in [-0.2, -0.15) is 0 Å². The van der Waals surface area contributed by atoms with E-state index in [9.17, 15) is 9.59 Å². The van der Waals surface area contributed by atoms with E-state index in [2.05, 4.69) is 10.6 Å². The predicted molar refractivity (Wildman–Crippen MR) is 121 cm³/mol. The maximum Gasteiger partial charge on any atom is 0.323 e. The Morgan fingerprint density at radius 3 is 2.58 bits per heavy atom. The number of ether oxygens (including phenoxy) is 2. The van der Waals surface area contributed by atoms with E-state index in [-0.39, 0.29) is 5.91 Å². The van der Waals surface area contributed by atoms with Crippen LogP contribution in [-0.4, -0.2) is 26.1 Å². The fourth-order valence-corrected chi connectivity index (χ4v) is 3.48. The Hall–Kier alpha value is -3.71. The molecule has 0 unspecified atom stereocenters. The molecule has 8 heteroatoms. The lowest BCUT2D eigenvalue weighted by Gasteiger charge is -2.17. The number of hydrogen-bond acceptors (Lipinski definition) is 4. The van der Waals surface area contributed by atoms with Crippen molar-refractivity contribution in [2.24, 2.45) is 0 Å². The van der Waals surface area contributed by atoms with Gasteiger partial charge in [0.15, 0.2) is 5.75 Å². The number of hydrogen-bond donors (Lipinski definition) is 2. The zero-order valence-corrected chi connectivity index (χ0v) is 17.9. The van der Waals surface area contributed by atoms with Crippen molar-refractivity contribution in [3.63, 3.8) is 0 Å². The molecule has 1 aliphatic heterocycles. The second-order valence-corrected chi connectivity index (χ2v) is 7.51. The number of anilines is 3. The van der Waals surface area contributed by atoms with Crippen LogP contribution < -0.4 is 25.0 Å². The minimum absolute atomic E-state index is 0.236. The summed E-state index contributed by atoms with van der Waals surface area (Å²) in [5.41, 5.74) is 2.90. The van der Waals surface area contributed by atoms with Crippen molar-refractivity contribution < 1.29 is 19.1 Å². The lowest BCUT2D eigenvalue weighted by molar-refractivity contribution is 0.0993. The quantitative estimate of drug-likeness (QED) is 0.552. The lowest BCUT2D eigenvalue weighted by atomic mass is 10.1. The van der Waals surface area contributed by atoms with Gasteiger partial charge in [0.2, 0.25) is 0 Å². The van der Waals surface area contributed by atoms with Gasteiger partial charge in [-0.1, -0.05) is 17.7 Å². The first-order chi connectivity index (χ1) is 14.9. The van der Waals surface area contributed by atoms with Crippen molar-refractivity contribution in [3.05, 3.63) is 70.7 Å². The summed E-state index contributed by atoms with van der Waals surface area (Å²) in [5, 5.41) is 5.88. The minimum atomic E-state index is -0.505. The summed E-state index contributed by atoms with van der Waals surface area (Å²) in [5.74, 6) is 1.24. The van der Waals surface area contributed by atoms with Crippen LogP contribution in [0.3, 0.4) is 0 Å². The van der Waals surface area contributed by atoms with Crippen LogP contribution in [0, 0.1) is 6.92 Å². The van der Waals surface area contributed by atoms with Crippen LogP contribution >= 0.6 is 11.6 Å². The molecule has 4 rings (SSSR count). The number of carbonyl (C=O) groups is 2. The number of methoxy groups -OCH3 is 1. The highest BCUT2D eigenvalue weighted by Gasteiger charge is 2.26. The molecule has 3 amide bonds. The summed E-state index contributed by atoms with van der Waals surface area (Å²) in [6.07, 6.45) is 0. The highest BCUT2D eigenvalue weighted by Crippen LogP contribution is 2.39. The van der Waals surface area contributed by atoms with Crippen molar-refractivity contribution in [1.29, 1.82) is 0 Å². The van der Waals surface area contributed by atoms with Crippen LogP contribution in [0.5, 0.6) is 17.2 Å². The molecule has 3 aromatic carbocycles. The highest BCUT2D eigenvalue weighted by molar-refractivity contribution is 6.31. The third kappa shape index (κ3) is 4.13. The Labute approximate surface area is 184 Å². The molecule has 158 valence electrons. The summed E-state index contributed by atoms with van der Waals surface area (Å²) in [6.45, 7) is 1.95. The molecular formula is C23H20ClN3O4. The number of rotatable bonds is 3. The number of benzene rings is 3. The first-order valence-electron chi connectivity index (χ1n) is 9.48. The molecular weight excluding hydrogens is 418 g/mol. The number of nitrogens with zero attached hydrogens (tertiary/aromatic N) is 1. The van der Waals surface area contributed by atoms with Crippen LogP contribution in [-0.2, 0) is 0 Å². The third-order valence-electron chi connectivity index (χ3n) is 4.88. The Morgan fingerprint density at radius 2 is 1.81 bits per heavy atom. The third-order valence-corrected chi connectivity index (χ3v) is 5.11. The zero-order valence-electron chi connectivity index (χ0n) is 17.2. The fraction of sp³-hybridized carbons (Fsp3) is 0.130. The van der Waals surface area contributed by atoms with E-state index >= 15 is 0 Å². The van der Waals surface area contributed by atoms with E-state index in [1.165, 1.54) is 12.0 Å². The van der Waals surface area contributed by atoms with Gasteiger partial charge in [-0.3, -0.25) is 4.79 Å². The SMILES string of the molecule is COc1ccc(Cl)cc1NC(=O)Nc1ccc2c(c1)C(=O)N(C)c1cc(C)ccc1O2. The molecule has 0 aliphatic carbocycles. The van der Waals surface area contributed by atoms with Crippen LogP contribution in [0.15, 0.2) is 54.6 Å². The van der Waals surface area contributed by atoms with Crippen molar-refractivity contribution >= 4 is 40.6 Å². The van der Waals surface area contributed by atoms with Gasteiger partial charge in [0.25, 0.3) is 5.91 Å². The highest BCUT2D eigenvalue weighted by atomic mass is 35.5. The van der Waals surface area contributed by atoms with E-state index in [0.717, 1.165) is 5.56 Å². The van der Waals surface area contributed by atoms with Crippen LogP contribution in [0.25, 0.3) is 0 Å². The Balaban J connectivity index is 1.58. The van der Waals surface area contributed by atoms with E-state index in [1.54, 1.807) is 43.4 Å². The topological polar surface area (TPSA) is 79.9 Å². The molecule has 0 atom stereocenters. The summed E-state index contributed by atoms with van der Waals surface area (Å²) in [6, 6.07) is 15.0. The van der Waals surface area contributed by atoms with Gasteiger partial charge in [-0.25, -0.2) is 4.79 Å². The molecule has 7 nitrogen and oxygen atoms in total. The van der Waals surface area contributed by atoms with Crippen LogP contribution in [0.1, 0.15) is 15.9 Å². The number of urea groups is 1. The van der Waals surface area contributed by atoms with E-state index in [1.807, 2.05) is 25.1 Å². The van der Waals surface area contributed by atoms with E-state index < -0.39 is 6.03 Å². The van der Waals surface area contributed by atoms with Gasteiger partial charge in [0, 0.05) is 17.8 Å². The molecule has 0 spiro atoms. The summed E-state index contributed by atoms with van der Waals surface area (Å²) in [4.78, 5) is 27.1. The number of aryl methyl sites for hydroxylation is 1. The Kier molecular flexibility index (Phi) is 5.44. The van der Waals surface area contributed by atoms with Gasteiger partial charge < -0.3 is 25.0 Å². The first-order valence-corrected chi connectivity index (χ1v) is 9.85. The van der Waals surface area contributed by atoms with Gasteiger partial charge in [-0.15, -0.1) is 0 Å². The summed E-state index contributed by atoms with van der Waals surface area (Å²) < 4.78 is 11.2. The molecule has 31 heavy (non-hydrogen) atoms. The lowest BCUT2D eigenvalue weighted by Crippen LogP contribution is -2.25. The van der Waals surface area contributed by atoms with Gasteiger partial charge in [0.05, 0.1) is 24.0 Å². The average Bonchev–Trinajstić information content (AvgIpc) is 2.84. The van der Waals surface area contributed by atoms with Gasteiger partial charge in [0.1, 0.15) is 11.5 Å². The predicted octanol–water partition coefficient (Wildman–Crippen LogP) is 5.68. The summed E-state index contributed by atoms with van der Waals surface area (Å²) in [7, 11) is 3.19. The zero-order chi connectivity index (χ0) is 22.1. The van der Waals surface area contributed by atoms with Crippen molar-refractivity contribution in [3.8, 4) is 17.2 Å². The Morgan fingerprint density at radius 1 is 1.03 bits per heavy atom. The second kappa shape index (κ2) is 8.20. The maximum atomic E-state index is 13.0. The van der Waals surface area contributed by atoms with Crippen molar-refractivity contribution in [2.75, 3.05) is 29.7 Å². The van der Waals surface area contributed by atoms with Crippen molar-refractivity contribution in [2.45, 2.75) is 6.92 Å². The molecule has 2 N–H and O–H groups in total. The number of amides is 3. The molecule has 0 saturated heterocycles. The molecule has 1 heterocycles. The molecule has 0 aromatic heterocycles. The fourth-order valence-electron chi connectivity index (χ4n) is 3.31. The Bertz CT molecular complexity index is 1200. The number of nitrogens with one attached hydrogen (secondary N) is 2. The molecule has 3 aromatic rings. The van der Waals surface area contributed by atoms with E-state index in [4.69, 9.17) is 21.1 Å². The van der Waals surface area contributed by atoms with Gasteiger partial charge in [-0.05, 0) is 61.0 Å². The second-order valence-electron chi connectivity index (χ2n) is 7.07. The molecule has 0 fully saturated rings. The number of halogens is 1. The largest absolute Gasteiger partial charge is 0.495 e. The van der Waals surface area contributed by atoms with Gasteiger partial charge >= 0.3 is 6.03 Å². The van der Waals surface area contributed by atoms with Crippen LogP contribution in [0.2, 0.25) is 5.02 Å². The van der Waals surface area contributed by atoms with Crippen LogP contribution in [0.4, 0.5) is 21.9 Å². The smallest absolute Gasteiger partial charge is 0.323 e. The first kappa shape index (κ1) is 20.6. The molecule has 0 radical (unpaired) electrons. The van der Waals surface area contributed by atoms with Crippen molar-refractivity contribution in [1.82, 2.24) is 0 Å². The molecule has 0 bridgehead atoms. The monoisotopic (exact) mass is 437 g/mol. The standard InChI is InChI=1S/C23H20ClN3O4/c1-13-4-7-21-18(10-13)27(2)22(28)16-12-15(6-9-19(16)31-21)25-23(29)26-17-11-14(24)5-8-20(17)30-3/h4-12H,1-3H3,(H2,25,26,29). The summed E-state index contributed by atoms with van der Waals surface area (Å²) >= 11 is 6.01. The average molecular weight is 438 g/mol. The molecule has 0 saturated carbocycles. The number of carbonyl (C=O) groups excluding carboxylic acids is 2. The van der Waals surface area contributed by atoms with E-state index in [0.29, 0.717) is 44.9 Å². The molecule has 1 aliphatic rings. The minimum Gasteiger partial charge on any atom is -0.495 e. The maximum absolute atomic E-state index is 13.0.